The number of hydrogen-bond acceptors (Lipinski definition) is 2. The van der Waals surface area contributed by atoms with Crippen LogP contribution in [0.25, 0.3) is 0 Å². The second-order valence-corrected chi connectivity index (χ2v) is 5.55. The Labute approximate surface area is 152 Å². The van der Waals surface area contributed by atoms with Crippen LogP contribution in [0.5, 0.6) is 0 Å². The summed E-state index contributed by atoms with van der Waals surface area (Å²) in [7, 11) is 0. The molecule has 0 unspecified atom stereocenters. The van der Waals surface area contributed by atoms with Crippen molar-refractivity contribution in [2.24, 2.45) is 0 Å². The molecule has 0 aromatic rings. The summed E-state index contributed by atoms with van der Waals surface area (Å²) in [6, 6.07) is 0. The van der Waals surface area contributed by atoms with Crippen molar-refractivity contribution < 1.29 is 15.0 Å². The first kappa shape index (κ1) is 22.9. The number of aliphatic hydroxyl groups is 1. The van der Waals surface area contributed by atoms with Crippen LogP contribution < -0.4 is 0 Å². The van der Waals surface area contributed by atoms with Gasteiger partial charge in [0.2, 0.25) is 0 Å². The van der Waals surface area contributed by atoms with Gasteiger partial charge in [-0.1, -0.05) is 79.8 Å². The zero-order valence-corrected chi connectivity index (χ0v) is 15.3. The smallest absolute Gasteiger partial charge is 0.303 e. The van der Waals surface area contributed by atoms with E-state index in [1.54, 1.807) is 6.08 Å². The third-order valence-corrected chi connectivity index (χ3v) is 3.20. The van der Waals surface area contributed by atoms with Crippen LogP contribution in [0.3, 0.4) is 0 Å². The largest absolute Gasteiger partial charge is 0.481 e. The van der Waals surface area contributed by atoms with E-state index in [0.717, 1.165) is 25.7 Å². The van der Waals surface area contributed by atoms with Crippen LogP contribution in [0, 0.1) is 0 Å². The van der Waals surface area contributed by atoms with Gasteiger partial charge < -0.3 is 10.2 Å². The van der Waals surface area contributed by atoms with E-state index in [1.807, 2.05) is 36.5 Å². The first-order chi connectivity index (χ1) is 12.2. The van der Waals surface area contributed by atoms with Crippen molar-refractivity contribution in [1.82, 2.24) is 0 Å². The van der Waals surface area contributed by atoms with Crippen LogP contribution in [0.15, 0.2) is 72.9 Å². The van der Waals surface area contributed by atoms with E-state index >= 15 is 0 Å². The highest BCUT2D eigenvalue weighted by Crippen LogP contribution is 1.99. The molecule has 0 bridgehead atoms. The molecule has 0 aliphatic heterocycles. The lowest BCUT2D eigenvalue weighted by Crippen LogP contribution is -1.98. The summed E-state index contributed by atoms with van der Waals surface area (Å²) in [6.07, 6.45) is 28.5. The van der Waals surface area contributed by atoms with Crippen LogP contribution in [-0.2, 0) is 4.79 Å². The van der Waals surface area contributed by atoms with Gasteiger partial charge in [-0.05, 0) is 38.5 Å². The first-order valence-electron chi connectivity index (χ1n) is 9.00. The minimum atomic E-state index is -0.774. The van der Waals surface area contributed by atoms with E-state index in [1.165, 1.54) is 0 Å². The van der Waals surface area contributed by atoms with E-state index in [4.69, 9.17) is 5.11 Å². The van der Waals surface area contributed by atoms with Gasteiger partial charge in [-0.3, -0.25) is 4.79 Å². The molecule has 0 radical (unpaired) electrons. The molecule has 25 heavy (non-hydrogen) atoms. The molecular formula is C22H32O3. The second-order valence-electron chi connectivity index (χ2n) is 5.55. The molecule has 0 aromatic heterocycles. The Morgan fingerprint density at radius 3 is 2.12 bits per heavy atom. The molecule has 3 heteroatoms. The highest BCUT2D eigenvalue weighted by atomic mass is 16.4. The van der Waals surface area contributed by atoms with Crippen LogP contribution in [0.2, 0.25) is 0 Å². The predicted octanol–water partition coefficient (Wildman–Crippen LogP) is 5.52. The van der Waals surface area contributed by atoms with Crippen molar-refractivity contribution in [2.45, 2.75) is 58.0 Å². The lowest BCUT2D eigenvalue weighted by atomic mass is 10.2. The summed E-state index contributed by atoms with van der Waals surface area (Å²) in [5, 5.41) is 18.3. The number of rotatable bonds is 14. The highest BCUT2D eigenvalue weighted by Gasteiger charge is 1.93. The maximum atomic E-state index is 10.3. The van der Waals surface area contributed by atoms with Crippen molar-refractivity contribution in [3.05, 3.63) is 72.9 Å². The number of carboxylic acid groups (broad SMARTS) is 1. The van der Waals surface area contributed by atoms with Gasteiger partial charge in [0.15, 0.2) is 0 Å². The van der Waals surface area contributed by atoms with Crippen molar-refractivity contribution in [3.8, 4) is 0 Å². The summed E-state index contributed by atoms with van der Waals surface area (Å²) >= 11 is 0. The van der Waals surface area contributed by atoms with Crippen LogP contribution in [0.4, 0.5) is 0 Å². The number of carboxylic acids is 1. The summed E-state index contributed by atoms with van der Waals surface area (Å²) in [6.45, 7) is 2.13. The molecule has 0 fully saturated rings. The number of aliphatic hydroxyl groups excluding tert-OH is 1. The minimum absolute atomic E-state index is 0.170. The Kier molecular flexibility index (Phi) is 16.7. The second kappa shape index (κ2) is 18.2. The standard InChI is InChI=1S/C22H32O3/c1-2-3-4-5-6-7-8-9-12-15-18-21(23)19-16-13-10-11-14-17-20-22(24)25/h3-4,6-7,9,11-16,18,21,23H,2,5,8,10,17,19-20H2,1H3,(H,24,25)/b4-3-,7-6-,12-9-,14-11-,16-13-,18-15+/t21-/m0/s1. The Bertz CT molecular complexity index is 493. The molecule has 0 aromatic carbocycles. The lowest BCUT2D eigenvalue weighted by Gasteiger charge is -1.98. The zero-order valence-electron chi connectivity index (χ0n) is 15.3. The van der Waals surface area contributed by atoms with Gasteiger partial charge in [-0.25, -0.2) is 0 Å². The molecule has 0 rings (SSSR count). The minimum Gasteiger partial charge on any atom is -0.481 e. The zero-order chi connectivity index (χ0) is 18.6. The molecule has 3 nitrogen and oxygen atoms in total. The van der Waals surface area contributed by atoms with E-state index in [-0.39, 0.29) is 6.42 Å². The van der Waals surface area contributed by atoms with E-state index in [0.29, 0.717) is 12.8 Å². The molecule has 0 amide bonds. The Hall–Kier alpha value is -2.13. The van der Waals surface area contributed by atoms with Crippen molar-refractivity contribution in [1.29, 1.82) is 0 Å². The van der Waals surface area contributed by atoms with E-state index in [9.17, 15) is 9.90 Å². The quantitative estimate of drug-likeness (QED) is 0.322. The SMILES string of the molecule is CC/C=C\C/C=C\C/C=C\C=C\[C@H](O)C/C=C\C/C=C\CCC(=O)O. The van der Waals surface area contributed by atoms with Gasteiger partial charge >= 0.3 is 5.97 Å². The van der Waals surface area contributed by atoms with Crippen molar-refractivity contribution in [3.63, 3.8) is 0 Å². The summed E-state index contributed by atoms with van der Waals surface area (Å²) in [5.74, 6) is -0.774. The van der Waals surface area contributed by atoms with Crippen molar-refractivity contribution >= 4 is 5.97 Å². The van der Waals surface area contributed by atoms with Gasteiger partial charge in [0.25, 0.3) is 0 Å². The fraction of sp³-hybridized carbons (Fsp3) is 0.409. The molecule has 0 aliphatic carbocycles. The third-order valence-electron chi connectivity index (χ3n) is 3.20. The van der Waals surface area contributed by atoms with Gasteiger partial charge in [-0.2, -0.15) is 0 Å². The molecule has 0 aliphatic rings. The fourth-order valence-electron chi connectivity index (χ4n) is 1.87. The van der Waals surface area contributed by atoms with Gasteiger partial charge in [0.05, 0.1) is 6.10 Å². The summed E-state index contributed by atoms with van der Waals surface area (Å²) < 4.78 is 0. The third kappa shape index (κ3) is 19.8. The molecule has 2 N–H and O–H groups in total. The maximum Gasteiger partial charge on any atom is 0.303 e. The fourth-order valence-corrected chi connectivity index (χ4v) is 1.87. The first-order valence-corrected chi connectivity index (χ1v) is 9.00. The van der Waals surface area contributed by atoms with Crippen LogP contribution in [0.1, 0.15) is 51.9 Å². The molecular weight excluding hydrogens is 312 g/mol. The monoisotopic (exact) mass is 344 g/mol. The van der Waals surface area contributed by atoms with Crippen molar-refractivity contribution in [2.75, 3.05) is 0 Å². The van der Waals surface area contributed by atoms with Gasteiger partial charge in [0, 0.05) is 6.42 Å². The average molecular weight is 344 g/mol. The number of hydrogen-bond donors (Lipinski definition) is 2. The molecule has 0 heterocycles. The molecule has 0 saturated carbocycles. The Balaban J connectivity index is 3.73. The number of allylic oxidation sites excluding steroid dienone is 10. The Morgan fingerprint density at radius 2 is 1.44 bits per heavy atom. The van der Waals surface area contributed by atoms with E-state index in [2.05, 4.69) is 37.3 Å². The van der Waals surface area contributed by atoms with E-state index < -0.39 is 12.1 Å². The Morgan fingerprint density at radius 1 is 0.840 bits per heavy atom. The van der Waals surface area contributed by atoms with Crippen LogP contribution >= 0.6 is 0 Å². The average Bonchev–Trinajstić information content (AvgIpc) is 2.58. The maximum absolute atomic E-state index is 10.3. The van der Waals surface area contributed by atoms with Crippen LogP contribution in [-0.4, -0.2) is 22.3 Å². The van der Waals surface area contributed by atoms with Gasteiger partial charge in [-0.15, -0.1) is 0 Å². The molecule has 138 valence electrons. The highest BCUT2D eigenvalue weighted by molar-refractivity contribution is 5.66. The molecule has 0 spiro atoms. The number of aliphatic carboxylic acids is 1. The topological polar surface area (TPSA) is 57.5 Å². The van der Waals surface area contributed by atoms with Gasteiger partial charge in [0.1, 0.15) is 0 Å². The summed E-state index contributed by atoms with van der Waals surface area (Å²) in [4.78, 5) is 10.3. The normalized spacial score (nSPS) is 14.3. The lowest BCUT2D eigenvalue weighted by molar-refractivity contribution is -0.136. The molecule has 1 atom stereocenters. The summed E-state index contributed by atoms with van der Waals surface area (Å²) in [5.41, 5.74) is 0. The predicted molar refractivity (Wildman–Crippen MR) is 106 cm³/mol. The number of carbonyl (C=O) groups is 1. The molecule has 0 saturated heterocycles.